The zero-order valence-electron chi connectivity index (χ0n) is 10.5. The Bertz CT molecular complexity index is 541. The molecule has 0 aliphatic rings. The lowest BCUT2D eigenvalue weighted by molar-refractivity contribution is 0.302. The molecule has 0 aliphatic heterocycles. The smallest absolute Gasteiger partial charge is 0.157 e. The molecule has 0 atom stereocenters. The lowest BCUT2D eigenvalue weighted by Gasteiger charge is -2.10. The largest absolute Gasteiger partial charge is 0.484 e. The van der Waals surface area contributed by atoms with Crippen LogP contribution in [0.5, 0.6) is 5.75 Å². The first-order chi connectivity index (χ1) is 9.20. The van der Waals surface area contributed by atoms with Gasteiger partial charge in [0, 0.05) is 6.54 Å². The number of halogens is 2. The van der Waals surface area contributed by atoms with E-state index in [1.807, 2.05) is 25.1 Å². The van der Waals surface area contributed by atoms with E-state index in [1.54, 1.807) is 18.2 Å². The van der Waals surface area contributed by atoms with Crippen molar-refractivity contribution in [2.75, 3.05) is 11.9 Å². The summed E-state index contributed by atoms with van der Waals surface area (Å²) in [4.78, 5) is 4.41. The van der Waals surface area contributed by atoms with Crippen LogP contribution in [-0.2, 0) is 6.61 Å². The number of nitrogens with one attached hydrogen (secondary N) is 1. The minimum absolute atomic E-state index is 0.322. The van der Waals surface area contributed by atoms with Crippen LogP contribution in [0.1, 0.15) is 12.6 Å². The highest BCUT2D eigenvalue weighted by Crippen LogP contribution is 2.32. The Morgan fingerprint density at radius 1 is 1.11 bits per heavy atom. The summed E-state index contributed by atoms with van der Waals surface area (Å²) >= 11 is 12.1. The van der Waals surface area contributed by atoms with Gasteiger partial charge in [-0.1, -0.05) is 35.3 Å². The van der Waals surface area contributed by atoms with Crippen LogP contribution in [0, 0.1) is 0 Å². The fourth-order valence-corrected chi connectivity index (χ4v) is 2.11. The SMILES string of the molecule is CCNc1cccc(COc2c(Cl)cccc2Cl)n1. The van der Waals surface area contributed by atoms with E-state index in [2.05, 4.69) is 10.3 Å². The van der Waals surface area contributed by atoms with Gasteiger partial charge in [0.15, 0.2) is 5.75 Å². The molecule has 1 N–H and O–H groups in total. The van der Waals surface area contributed by atoms with E-state index in [0.29, 0.717) is 22.4 Å². The summed E-state index contributed by atoms with van der Waals surface area (Å²) < 4.78 is 5.63. The van der Waals surface area contributed by atoms with Crippen LogP contribution in [0.15, 0.2) is 36.4 Å². The maximum atomic E-state index is 6.03. The second-order valence-electron chi connectivity index (χ2n) is 3.88. The lowest BCUT2D eigenvalue weighted by Crippen LogP contribution is -2.03. The van der Waals surface area contributed by atoms with Crippen LogP contribution < -0.4 is 10.1 Å². The molecular weight excluding hydrogens is 283 g/mol. The first kappa shape index (κ1) is 14.0. The number of nitrogens with zero attached hydrogens (tertiary/aromatic N) is 1. The van der Waals surface area contributed by atoms with Crippen molar-refractivity contribution in [1.29, 1.82) is 0 Å². The summed E-state index contributed by atoms with van der Waals surface area (Å²) in [7, 11) is 0. The number of anilines is 1. The van der Waals surface area contributed by atoms with Crippen molar-refractivity contribution in [2.45, 2.75) is 13.5 Å². The molecule has 1 aromatic carbocycles. The highest BCUT2D eigenvalue weighted by molar-refractivity contribution is 6.37. The van der Waals surface area contributed by atoms with Gasteiger partial charge >= 0.3 is 0 Å². The van der Waals surface area contributed by atoms with Crippen LogP contribution in [0.4, 0.5) is 5.82 Å². The third-order valence-electron chi connectivity index (χ3n) is 2.45. The zero-order valence-corrected chi connectivity index (χ0v) is 12.0. The number of hydrogen-bond acceptors (Lipinski definition) is 3. The Balaban J connectivity index is 2.08. The molecule has 0 saturated carbocycles. The van der Waals surface area contributed by atoms with Crippen molar-refractivity contribution in [3.63, 3.8) is 0 Å². The maximum Gasteiger partial charge on any atom is 0.157 e. The quantitative estimate of drug-likeness (QED) is 0.888. The van der Waals surface area contributed by atoms with E-state index in [9.17, 15) is 0 Å². The molecule has 2 rings (SSSR count). The van der Waals surface area contributed by atoms with Gasteiger partial charge in [0.2, 0.25) is 0 Å². The van der Waals surface area contributed by atoms with E-state index < -0.39 is 0 Å². The fourth-order valence-electron chi connectivity index (χ4n) is 1.61. The summed E-state index contributed by atoms with van der Waals surface area (Å²) in [5.74, 6) is 1.32. The highest BCUT2D eigenvalue weighted by Gasteiger charge is 2.07. The van der Waals surface area contributed by atoms with E-state index in [0.717, 1.165) is 18.1 Å². The number of rotatable bonds is 5. The third kappa shape index (κ3) is 3.75. The summed E-state index contributed by atoms with van der Waals surface area (Å²) in [6.45, 7) is 3.17. The first-order valence-electron chi connectivity index (χ1n) is 5.97. The zero-order chi connectivity index (χ0) is 13.7. The van der Waals surface area contributed by atoms with Gasteiger partial charge in [0.1, 0.15) is 12.4 Å². The summed E-state index contributed by atoms with van der Waals surface area (Å²) in [6.07, 6.45) is 0. The molecule has 1 heterocycles. The van der Waals surface area contributed by atoms with E-state index >= 15 is 0 Å². The molecule has 5 heteroatoms. The average Bonchev–Trinajstić information content (AvgIpc) is 2.39. The molecule has 0 spiro atoms. The van der Waals surface area contributed by atoms with Crippen LogP contribution >= 0.6 is 23.2 Å². The van der Waals surface area contributed by atoms with Crippen molar-refractivity contribution in [1.82, 2.24) is 4.98 Å². The number of aromatic nitrogens is 1. The van der Waals surface area contributed by atoms with Crippen molar-refractivity contribution < 1.29 is 4.74 Å². The monoisotopic (exact) mass is 296 g/mol. The Kier molecular flexibility index (Phi) is 4.88. The molecule has 0 saturated heterocycles. The highest BCUT2D eigenvalue weighted by atomic mass is 35.5. The number of pyridine rings is 1. The molecule has 0 amide bonds. The van der Waals surface area contributed by atoms with Gasteiger partial charge in [-0.3, -0.25) is 0 Å². The fraction of sp³-hybridized carbons (Fsp3) is 0.214. The molecule has 0 radical (unpaired) electrons. The van der Waals surface area contributed by atoms with Gasteiger partial charge in [0.25, 0.3) is 0 Å². The molecule has 19 heavy (non-hydrogen) atoms. The Labute approximate surface area is 122 Å². The number of benzene rings is 1. The molecule has 3 nitrogen and oxygen atoms in total. The molecule has 0 bridgehead atoms. The average molecular weight is 297 g/mol. The second-order valence-corrected chi connectivity index (χ2v) is 4.70. The van der Waals surface area contributed by atoms with Gasteiger partial charge in [-0.2, -0.15) is 0 Å². The van der Waals surface area contributed by atoms with Crippen LogP contribution in [0.3, 0.4) is 0 Å². The maximum absolute atomic E-state index is 6.03. The van der Waals surface area contributed by atoms with Crippen LogP contribution in [0.25, 0.3) is 0 Å². The van der Waals surface area contributed by atoms with Crippen LogP contribution in [-0.4, -0.2) is 11.5 Å². The van der Waals surface area contributed by atoms with E-state index in [1.165, 1.54) is 0 Å². The Morgan fingerprint density at radius 2 is 1.79 bits per heavy atom. The standard InChI is InChI=1S/C14H14Cl2N2O/c1-2-17-13-8-3-5-10(18-13)9-19-14-11(15)6-4-7-12(14)16/h3-8H,2,9H2,1H3,(H,17,18). The molecule has 2 aromatic rings. The molecule has 0 unspecified atom stereocenters. The number of para-hydroxylation sites is 1. The van der Waals surface area contributed by atoms with Crippen molar-refractivity contribution >= 4 is 29.0 Å². The van der Waals surface area contributed by atoms with Crippen molar-refractivity contribution in [2.24, 2.45) is 0 Å². The summed E-state index contributed by atoms with van der Waals surface area (Å²) in [5.41, 5.74) is 0.814. The van der Waals surface area contributed by atoms with Crippen molar-refractivity contribution in [3.8, 4) is 5.75 Å². The lowest BCUT2D eigenvalue weighted by atomic mass is 10.3. The molecule has 0 fully saturated rings. The van der Waals surface area contributed by atoms with Gasteiger partial charge in [-0.05, 0) is 31.2 Å². The normalized spacial score (nSPS) is 10.3. The van der Waals surface area contributed by atoms with Gasteiger partial charge in [0.05, 0.1) is 15.7 Å². The molecule has 100 valence electrons. The third-order valence-corrected chi connectivity index (χ3v) is 3.04. The van der Waals surface area contributed by atoms with Gasteiger partial charge in [-0.25, -0.2) is 4.98 Å². The molecular formula is C14H14Cl2N2O. The predicted molar refractivity (Wildman–Crippen MR) is 79.2 cm³/mol. The van der Waals surface area contributed by atoms with Crippen LogP contribution in [0.2, 0.25) is 10.0 Å². The minimum atomic E-state index is 0.322. The minimum Gasteiger partial charge on any atom is -0.484 e. The second kappa shape index (κ2) is 6.64. The molecule has 0 aliphatic carbocycles. The van der Waals surface area contributed by atoms with E-state index in [-0.39, 0.29) is 0 Å². The van der Waals surface area contributed by atoms with E-state index in [4.69, 9.17) is 27.9 Å². The van der Waals surface area contributed by atoms with Gasteiger partial charge in [-0.15, -0.1) is 0 Å². The predicted octanol–water partition coefficient (Wildman–Crippen LogP) is 4.40. The first-order valence-corrected chi connectivity index (χ1v) is 6.73. The summed E-state index contributed by atoms with van der Waals surface area (Å²) in [5, 5.41) is 4.14. The topological polar surface area (TPSA) is 34.1 Å². The number of ether oxygens (including phenoxy) is 1. The molecule has 1 aromatic heterocycles. The number of hydrogen-bond donors (Lipinski definition) is 1. The summed E-state index contributed by atoms with van der Waals surface area (Å²) in [6, 6.07) is 11.0. The van der Waals surface area contributed by atoms with Crippen molar-refractivity contribution in [3.05, 3.63) is 52.1 Å². The van der Waals surface area contributed by atoms with Gasteiger partial charge < -0.3 is 10.1 Å². The Hall–Kier alpha value is -1.45. The Morgan fingerprint density at radius 3 is 2.47 bits per heavy atom.